The van der Waals surface area contributed by atoms with E-state index in [-0.39, 0.29) is 24.5 Å². The predicted octanol–water partition coefficient (Wildman–Crippen LogP) is 2.24. The lowest BCUT2D eigenvalue weighted by atomic mass is 9.94. The van der Waals surface area contributed by atoms with E-state index >= 15 is 0 Å². The SMILES string of the molecule is O=C(O)CC1(NC(=O)c2csc(Cc3cccc(F)c3)n2)CCOC1. The highest BCUT2D eigenvalue weighted by atomic mass is 32.1. The quantitative estimate of drug-likeness (QED) is 0.821. The van der Waals surface area contributed by atoms with Crippen molar-refractivity contribution in [3.63, 3.8) is 0 Å². The molecule has 1 aromatic carbocycles. The second-order valence-electron chi connectivity index (χ2n) is 6.04. The molecule has 1 aromatic heterocycles. The molecule has 2 heterocycles. The van der Waals surface area contributed by atoms with Crippen LogP contribution in [0.2, 0.25) is 0 Å². The number of thiazole rings is 1. The van der Waals surface area contributed by atoms with Crippen LogP contribution in [0.25, 0.3) is 0 Å². The van der Waals surface area contributed by atoms with Crippen molar-refractivity contribution in [2.24, 2.45) is 0 Å². The summed E-state index contributed by atoms with van der Waals surface area (Å²) in [6, 6.07) is 6.22. The topological polar surface area (TPSA) is 88.5 Å². The van der Waals surface area contributed by atoms with Crippen molar-refractivity contribution < 1.29 is 23.8 Å². The van der Waals surface area contributed by atoms with Crippen molar-refractivity contribution in [3.8, 4) is 0 Å². The fourth-order valence-corrected chi connectivity index (χ4v) is 3.61. The minimum atomic E-state index is -0.990. The number of ether oxygens (including phenoxy) is 1. The molecule has 3 rings (SSSR count). The van der Waals surface area contributed by atoms with Gasteiger partial charge in [0.1, 0.15) is 11.5 Å². The molecule has 0 radical (unpaired) electrons. The molecule has 6 nitrogen and oxygen atoms in total. The first kappa shape index (κ1) is 17.5. The minimum absolute atomic E-state index is 0.172. The maximum Gasteiger partial charge on any atom is 0.305 e. The molecule has 1 unspecified atom stereocenters. The number of carboxylic acid groups (broad SMARTS) is 1. The van der Waals surface area contributed by atoms with E-state index in [9.17, 15) is 14.0 Å². The third-order valence-corrected chi connectivity index (χ3v) is 4.85. The summed E-state index contributed by atoms with van der Waals surface area (Å²) in [6.07, 6.45) is 0.684. The number of nitrogens with zero attached hydrogens (tertiary/aromatic N) is 1. The van der Waals surface area contributed by atoms with Crippen LogP contribution in [0, 0.1) is 5.82 Å². The van der Waals surface area contributed by atoms with Crippen molar-refractivity contribution in [2.75, 3.05) is 13.2 Å². The van der Waals surface area contributed by atoms with Gasteiger partial charge >= 0.3 is 5.97 Å². The van der Waals surface area contributed by atoms with E-state index in [1.165, 1.54) is 23.5 Å². The summed E-state index contributed by atoms with van der Waals surface area (Å²) in [5.41, 5.74) is 0.107. The molecule has 0 saturated carbocycles. The van der Waals surface area contributed by atoms with Crippen LogP contribution in [0.5, 0.6) is 0 Å². The number of aliphatic carboxylic acids is 1. The van der Waals surface area contributed by atoms with Gasteiger partial charge in [-0.1, -0.05) is 12.1 Å². The number of aromatic nitrogens is 1. The zero-order valence-electron chi connectivity index (χ0n) is 13.3. The highest BCUT2D eigenvalue weighted by Gasteiger charge is 2.39. The lowest BCUT2D eigenvalue weighted by Gasteiger charge is -2.26. The highest BCUT2D eigenvalue weighted by Crippen LogP contribution is 2.24. The molecule has 25 heavy (non-hydrogen) atoms. The van der Waals surface area contributed by atoms with Gasteiger partial charge in [0.25, 0.3) is 5.91 Å². The van der Waals surface area contributed by atoms with Gasteiger partial charge in [0.2, 0.25) is 0 Å². The van der Waals surface area contributed by atoms with Crippen LogP contribution in [0.15, 0.2) is 29.6 Å². The monoisotopic (exact) mass is 364 g/mol. The second kappa shape index (κ2) is 7.28. The van der Waals surface area contributed by atoms with Crippen LogP contribution in [-0.4, -0.2) is 40.7 Å². The lowest BCUT2D eigenvalue weighted by molar-refractivity contribution is -0.138. The molecule has 1 atom stereocenters. The van der Waals surface area contributed by atoms with Gasteiger partial charge in [0, 0.05) is 18.4 Å². The van der Waals surface area contributed by atoms with Gasteiger partial charge in [0.05, 0.1) is 23.6 Å². The Hall–Kier alpha value is -2.32. The summed E-state index contributed by atoms with van der Waals surface area (Å²) in [5, 5.41) is 14.1. The number of nitrogens with one attached hydrogen (secondary N) is 1. The van der Waals surface area contributed by atoms with Crippen LogP contribution in [0.1, 0.15) is 33.9 Å². The Labute approximate surface area is 147 Å². The van der Waals surface area contributed by atoms with Crippen molar-refractivity contribution in [1.29, 1.82) is 0 Å². The molecule has 8 heteroatoms. The molecule has 1 saturated heterocycles. The van der Waals surface area contributed by atoms with Crippen molar-refractivity contribution in [2.45, 2.75) is 24.8 Å². The number of halogens is 1. The maximum absolute atomic E-state index is 13.2. The molecule has 1 fully saturated rings. The summed E-state index contributed by atoms with van der Waals surface area (Å²) < 4.78 is 18.5. The normalized spacial score (nSPS) is 19.7. The largest absolute Gasteiger partial charge is 0.481 e. The Morgan fingerprint density at radius 3 is 2.96 bits per heavy atom. The Bertz CT molecular complexity index is 786. The van der Waals surface area contributed by atoms with E-state index in [2.05, 4.69) is 10.3 Å². The van der Waals surface area contributed by atoms with Gasteiger partial charge in [-0.05, 0) is 24.1 Å². The van der Waals surface area contributed by atoms with Gasteiger partial charge < -0.3 is 15.2 Å². The third kappa shape index (κ3) is 4.40. The Morgan fingerprint density at radius 2 is 2.28 bits per heavy atom. The summed E-state index contributed by atoms with van der Waals surface area (Å²) >= 11 is 1.31. The molecule has 132 valence electrons. The van der Waals surface area contributed by atoms with Crippen LogP contribution in [-0.2, 0) is 16.0 Å². The number of rotatable bonds is 6. The van der Waals surface area contributed by atoms with Gasteiger partial charge in [0.15, 0.2) is 0 Å². The van der Waals surface area contributed by atoms with Gasteiger partial charge in [-0.25, -0.2) is 9.37 Å². The van der Waals surface area contributed by atoms with Crippen LogP contribution >= 0.6 is 11.3 Å². The number of carbonyl (C=O) groups excluding carboxylic acids is 1. The summed E-state index contributed by atoms with van der Waals surface area (Å²) in [5.74, 6) is -1.73. The molecule has 1 aliphatic rings. The van der Waals surface area contributed by atoms with Crippen molar-refractivity contribution in [1.82, 2.24) is 10.3 Å². The molecular weight excluding hydrogens is 347 g/mol. The number of hydrogen-bond acceptors (Lipinski definition) is 5. The van der Waals surface area contributed by atoms with Gasteiger partial charge in [-0.15, -0.1) is 11.3 Å². The average molecular weight is 364 g/mol. The van der Waals surface area contributed by atoms with Crippen LogP contribution < -0.4 is 5.32 Å². The van der Waals surface area contributed by atoms with Crippen molar-refractivity contribution >= 4 is 23.2 Å². The molecule has 0 aliphatic carbocycles. The Balaban J connectivity index is 1.68. The van der Waals surface area contributed by atoms with Gasteiger partial charge in [-0.2, -0.15) is 0 Å². The number of amides is 1. The fraction of sp³-hybridized carbons (Fsp3) is 0.353. The maximum atomic E-state index is 13.2. The molecule has 1 amide bonds. The van der Waals surface area contributed by atoms with E-state index in [4.69, 9.17) is 9.84 Å². The molecule has 2 N–H and O–H groups in total. The number of carboxylic acids is 1. The minimum Gasteiger partial charge on any atom is -0.481 e. The van der Waals surface area contributed by atoms with Crippen molar-refractivity contribution in [3.05, 3.63) is 51.7 Å². The average Bonchev–Trinajstić information content (AvgIpc) is 3.16. The van der Waals surface area contributed by atoms with E-state index in [0.29, 0.717) is 24.5 Å². The number of benzene rings is 1. The molecular formula is C17H17FN2O4S. The number of carbonyl (C=O) groups is 2. The van der Waals surface area contributed by atoms with Crippen LogP contribution in [0.4, 0.5) is 4.39 Å². The summed E-state index contributed by atoms with van der Waals surface area (Å²) in [4.78, 5) is 27.8. The summed E-state index contributed by atoms with van der Waals surface area (Å²) in [6.45, 7) is 0.584. The van der Waals surface area contributed by atoms with E-state index in [1.54, 1.807) is 17.5 Å². The molecule has 1 aliphatic heterocycles. The lowest BCUT2D eigenvalue weighted by Crippen LogP contribution is -2.50. The fourth-order valence-electron chi connectivity index (χ4n) is 2.80. The summed E-state index contributed by atoms with van der Waals surface area (Å²) in [7, 11) is 0. The molecule has 2 aromatic rings. The first-order valence-electron chi connectivity index (χ1n) is 7.77. The smallest absolute Gasteiger partial charge is 0.305 e. The van der Waals surface area contributed by atoms with E-state index in [0.717, 1.165) is 5.56 Å². The first-order chi connectivity index (χ1) is 12.0. The Morgan fingerprint density at radius 1 is 1.44 bits per heavy atom. The van der Waals surface area contributed by atoms with E-state index < -0.39 is 17.4 Å². The van der Waals surface area contributed by atoms with Crippen LogP contribution in [0.3, 0.4) is 0 Å². The molecule has 0 spiro atoms. The highest BCUT2D eigenvalue weighted by molar-refractivity contribution is 7.09. The Kier molecular flexibility index (Phi) is 5.10. The predicted molar refractivity (Wildman–Crippen MR) is 89.2 cm³/mol. The van der Waals surface area contributed by atoms with E-state index in [1.807, 2.05) is 0 Å². The zero-order valence-corrected chi connectivity index (χ0v) is 14.1. The number of hydrogen-bond donors (Lipinski definition) is 2. The standard InChI is InChI=1S/C17H17FN2O4S/c18-12-3-1-2-11(6-12)7-14-19-13(9-25-14)16(23)20-17(8-15(21)22)4-5-24-10-17/h1-3,6,9H,4-5,7-8,10H2,(H,20,23)(H,21,22). The first-order valence-corrected chi connectivity index (χ1v) is 8.65. The zero-order chi connectivity index (χ0) is 17.9. The van der Waals surface area contributed by atoms with Gasteiger partial charge in [-0.3, -0.25) is 9.59 Å². The molecule has 0 bridgehead atoms. The third-order valence-electron chi connectivity index (χ3n) is 4.00. The second-order valence-corrected chi connectivity index (χ2v) is 6.98.